The molecule has 0 atom stereocenters. The number of ether oxygens (including phenoxy) is 1. The SMILES string of the molecule is COc1ccc(S(=O)(=O)Nc2cccc3cn[nH]c23)cc1Cl. The number of halogens is 1. The van der Waals surface area contributed by atoms with Gasteiger partial charge >= 0.3 is 0 Å². The molecule has 3 rings (SSSR count). The highest BCUT2D eigenvalue weighted by Crippen LogP contribution is 2.29. The van der Waals surface area contributed by atoms with E-state index in [-0.39, 0.29) is 9.92 Å². The van der Waals surface area contributed by atoms with E-state index in [0.717, 1.165) is 5.39 Å². The third-order valence-corrected chi connectivity index (χ3v) is 4.81. The number of nitrogens with one attached hydrogen (secondary N) is 2. The number of nitrogens with zero attached hydrogens (tertiary/aromatic N) is 1. The maximum absolute atomic E-state index is 12.5. The van der Waals surface area contributed by atoms with Gasteiger partial charge in [-0.25, -0.2) is 8.42 Å². The van der Waals surface area contributed by atoms with E-state index in [1.807, 2.05) is 6.07 Å². The number of hydrogen-bond donors (Lipinski definition) is 2. The molecule has 0 aliphatic rings. The van der Waals surface area contributed by atoms with E-state index in [2.05, 4.69) is 14.9 Å². The van der Waals surface area contributed by atoms with Crippen molar-refractivity contribution < 1.29 is 13.2 Å². The number of para-hydroxylation sites is 1. The first kappa shape index (κ1) is 14.7. The number of H-pyrrole nitrogens is 1. The third-order valence-electron chi connectivity index (χ3n) is 3.15. The van der Waals surface area contributed by atoms with Gasteiger partial charge in [-0.05, 0) is 24.3 Å². The highest BCUT2D eigenvalue weighted by atomic mass is 35.5. The van der Waals surface area contributed by atoms with Gasteiger partial charge in [0.1, 0.15) is 5.75 Å². The molecule has 0 saturated carbocycles. The van der Waals surface area contributed by atoms with Gasteiger partial charge in [-0.3, -0.25) is 9.82 Å². The Morgan fingerprint density at radius 3 is 2.82 bits per heavy atom. The summed E-state index contributed by atoms with van der Waals surface area (Å²) in [6.45, 7) is 0. The zero-order valence-electron chi connectivity index (χ0n) is 11.5. The molecule has 0 saturated heterocycles. The van der Waals surface area contributed by atoms with Crippen LogP contribution in [0.1, 0.15) is 0 Å². The molecule has 2 N–H and O–H groups in total. The highest BCUT2D eigenvalue weighted by Gasteiger charge is 2.17. The Kier molecular flexibility index (Phi) is 3.67. The van der Waals surface area contributed by atoms with Gasteiger partial charge in [0, 0.05) is 5.39 Å². The van der Waals surface area contributed by atoms with Crippen molar-refractivity contribution in [3.8, 4) is 5.75 Å². The molecule has 0 amide bonds. The van der Waals surface area contributed by atoms with Crippen molar-refractivity contribution in [2.75, 3.05) is 11.8 Å². The van der Waals surface area contributed by atoms with Gasteiger partial charge in [0.2, 0.25) is 0 Å². The molecule has 22 heavy (non-hydrogen) atoms. The predicted octanol–water partition coefficient (Wildman–Crippen LogP) is 3.03. The number of fused-ring (bicyclic) bond motifs is 1. The van der Waals surface area contributed by atoms with Crippen LogP contribution in [0, 0.1) is 0 Å². The summed E-state index contributed by atoms with van der Waals surface area (Å²) in [7, 11) is -2.30. The standard InChI is InChI=1S/C14H12ClN3O3S/c1-21-13-6-5-10(7-11(13)15)22(19,20)18-12-4-2-3-9-8-16-17-14(9)12/h2-8,18H,1H3,(H,16,17). The zero-order valence-corrected chi connectivity index (χ0v) is 13.1. The molecule has 0 radical (unpaired) electrons. The molecule has 8 heteroatoms. The second-order valence-corrected chi connectivity index (χ2v) is 6.63. The van der Waals surface area contributed by atoms with Crippen LogP contribution >= 0.6 is 11.6 Å². The second kappa shape index (κ2) is 5.51. The molecule has 2 aromatic carbocycles. The summed E-state index contributed by atoms with van der Waals surface area (Å²) >= 11 is 5.98. The van der Waals surface area contributed by atoms with E-state index in [1.165, 1.54) is 25.3 Å². The fourth-order valence-corrected chi connectivity index (χ4v) is 3.49. The quantitative estimate of drug-likeness (QED) is 0.766. The summed E-state index contributed by atoms with van der Waals surface area (Å²) < 4.78 is 32.5. The largest absolute Gasteiger partial charge is 0.495 e. The maximum atomic E-state index is 12.5. The number of hydrogen-bond acceptors (Lipinski definition) is 4. The number of methoxy groups -OCH3 is 1. The zero-order chi connectivity index (χ0) is 15.7. The van der Waals surface area contributed by atoms with Crippen molar-refractivity contribution in [2.45, 2.75) is 4.90 Å². The average molecular weight is 338 g/mol. The van der Waals surface area contributed by atoms with Gasteiger partial charge < -0.3 is 4.74 Å². The van der Waals surface area contributed by atoms with Crippen LogP contribution in [0.2, 0.25) is 5.02 Å². The van der Waals surface area contributed by atoms with E-state index in [4.69, 9.17) is 16.3 Å². The topological polar surface area (TPSA) is 84.1 Å². The lowest BCUT2D eigenvalue weighted by Gasteiger charge is -2.10. The smallest absolute Gasteiger partial charge is 0.262 e. The van der Waals surface area contributed by atoms with Gasteiger partial charge in [0.25, 0.3) is 10.0 Å². The number of anilines is 1. The Bertz CT molecular complexity index is 937. The van der Waals surface area contributed by atoms with E-state index in [9.17, 15) is 8.42 Å². The number of rotatable bonds is 4. The minimum atomic E-state index is -3.77. The minimum Gasteiger partial charge on any atom is -0.495 e. The van der Waals surface area contributed by atoms with Crippen molar-refractivity contribution in [3.05, 3.63) is 47.6 Å². The summed E-state index contributed by atoms with van der Waals surface area (Å²) in [5.41, 5.74) is 1.03. The number of benzene rings is 2. The summed E-state index contributed by atoms with van der Waals surface area (Å²) in [4.78, 5) is 0.0508. The molecule has 6 nitrogen and oxygen atoms in total. The highest BCUT2D eigenvalue weighted by molar-refractivity contribution is 7.92. The van der Waals surface area contributed by atoms with Crippen molar-refractivity contribution in [1.29, 1.82) is 0 Å². The molecular formula is C14H12ClN3O3S. The van der Waals surface area contributed by atoms with Gasteiger partial charge in [0.15, 0.2) is 0 Å². The molecule has 1 heterocycles. The molecule has 0 aliphatic carbocycles. The first-order valence-electron chi connectivity index (χ1n) is 6.30. The lowest BCUT2D eigenvalue weighted by molar-refractivity contribution is 0.414. The normalized spacial score (nSPS) is 11.5. The molecule has 0 unspecified atom stereocenters. The summed E-state index contributed by atoms with van der Waals surface area (Å²) in [6.07, 6.45) is 1.62. The fraction of sp³-hybridized carbons (Fsp3) is 0.0714. The van der Waals surface area contributed by atoms with Crippen LogP contribution in [0.5, 0.6) is 5.75 Å². The predicted molar refractivity (Wildman–Crippen MR) is 84.9 cm³/mol. The molecule has 0 fully saturated rings. The van der Waals surface area contributed by atoms with E-state index < -0.39 is 10.0 Å². The summed E-state index contributed by atoms with van der Waals surface area (Å²) in [5.74, 6) is 0.413. The average Bonchev–Trinajstić information content (AvgIpc) is 2.96. The Labute approximate surface area is 132 Å². The lowest BCUT2D eigenvalue weighted by atomic mass is 10.2. The van der Waals surface area contributed by atoms with Crippen molar-refractivity contribution in [2.24, 2.45) is 0 Å². The van der Waals surface area contributed by atoms with Crippen LogP contribution < -0.4 is 9.46 Å². The lowest BCUT2D eigenvalue weighted by Crippen LogP contribution is -2.13. The monoisotopic (exact) mass is 337 g/mol. The molecule has 0 aliphatic heterocycles. The third kappa shape index (κ3) is 2.60. The van der Waals surface area contributed by atoms with Gasteiger partial charge in [0.05, 0.1) is 34.4 Å². The van der Waals surface area contributed by atoms with Crippen LogP contribution in [0.15, 0.2) is 47.5 Å². The van der Waals surface area contributed by atoms with Crippen molar-refractivity contribution in [1.82, 2.24) is 10.2 Å². The Hall–Kier alpha value is -2.25. The number of aromatic amines is 1. The Balaban J connectivity index is 2.00. The van der Waals surface area contributed by atoms with E-state index >= 15 is 0 Å². The van der Waals surface area contributed by atoms with Gasteiger partial charge in [-0.1, -0.05) is 23.7 Å². The Morgan fingerprint density at radius 1 is 1.27 bits per heavy atom. The fourth-order valence-electron chi connectivity index (χ4n) is 2.07. The van der Waals surface area contributed by atoms with E-state index in [1.54, 1.807) is 18.3 Å². The van der Waals surface area contributed by atoms with Crippen molar-refractivity contribution >= 4 is 38.2 Å². The summed E-state index contributed by atoms with van der Waals surface area (Å²) in [6, 6.07) is 9.52. The second-order valence-electron chi connectivity index (χ2n) is 4.54. The van der Waals surface area contributed by atoms with Gasteiger partial charge in [-0.15, -0.1) is 0 Å². The van der Waals surface area contributed by atoms with Gasteiger partial charge in [-0.2, -0.15) is 5.10 Å². The van der Waals surface area contributed by atoms with Crippen LogP contribution in [-0.2, 0) is 10.0 Å². The van der Waals surface area contributed by atoms with Crippen LogP contribution in [0.25, 0.3) is 10.9 Å². The van der Waals surface area contributed by atoms with Crippen LogP contribution in [0.3, 0.4) is 0 Å². The first-order valence-corrected chi connectivity index (χ1v) is 8.16. The van der Waals surface area contributed by atoms with E-state index in [0.29, 0.717) is 17.0 Å². The Morgan fingerprint density at radius 2 is 2.09 bits per heavy atom. The molecule has 0 spiro atoms. The molecular weight excluding hydrogens is 326 g/mol. The van der Waals surface area contributed by atoms with Crippen molar-refractivity contribution in [3.63, 3.8) is 0 Å². The maximum Gasteiger partial charge on any atom is 0.262 e. The molecule has 3 aromatic rings. The molecule has 114 valence electrons. The molecule has 0 bridgehead atoms. The minimum absolute atomic E-state index is 0.0508. The first-order chi connectivity index (χ1) is 10.5. The molecule has 1 aromatic heterocycles. The number of sulfonamides is 1. The van der Waals surface area contributed by atoms with Crippen LogP contribution in [-0.4, -0.2) is 25.7 Å². The van der Waals surface area contributed by atoms with Crippen LogP contribution in [0.4, 0.5) is 5.69 Å². The summed E-state index contributed by atoms with van der Waals surface area (Å²) in [5, 5.41) is 7.71. The number of aromatic nitrogens is 2.